The fourth-order valence-electron chi connectivity index (χ4n) is 0.577. The minimum absolute atomic E-state index is 0. The molecule has 19 heavy (non-hydrogen) atoms. The van der Waals surface area contributed by atoms with Crippen LogP contribution in [0, 0.1) is 0 Å². The smallest absolute Gasteiger partial charge is 0.547 e. The molecule has 3 N–H and O–H groups in total. The number of hydrogen-bond donors (Lipinski definition) is 3. The maximum absolute atomic E-state index is 10.0. The van der Waals surface area contributed by atoms with Crippen LogP contribution in [0.15, 0.2) is 0 Å². The summed E-state index contributed by atoms with van der Waals surface area (Å²) in [5.41, 5.74) is 4.95. The summed E-state index contributed by atoms with van der Waals surface area (Å²) in [6.45, 7) is 1.46. The summed E-state index contributed by atoms with van der Waals surface area (Å²) < 4.78 is 0. The molecule has 0 aromatic heterocycles. The number of carboxylic acid groups (broad SMARTS) is 2. The minimum Gasteiger partial charge on any atom is -0.547 e. The first-order valence-corrected chi connectivity index (χ1v) is 6.20. The van der Waals surface area contributed by atoms with Gasteiger partial charge in [-0.15, -0.1) is 11.8 Å². The van der Waals surface area contributed by atoms with Gasteiger partial charge in [0.2, 0.25) is 0 Å². The molecule has 1 saturated heterocycles. The Hall–Kier alpha value is 2.84. The number of thioether (sulfide) groups is 1. The van der Waals surface area contributed by atoms with Gasteiger partial charge in [0, 0.05) is 24.6 Å². The number of aldehydes is 1. The molecular formula is C8H14N2O5Rb2S2. The largest absolute Gasteiger partial charge is 1.00 e. The van der Waals surface area contributed by atoms with Gasteiger partial charge < -0.3 is 25.5 Å². The van der Waals surface area contributed by atoms with Gasteiger partial charge in [0.15, 0.2) is 6.29 Å². The molecule has 1 heterocycles. The number of thiol groups is 1. The molecule has 1 unspecified atom stereocenters. The van der Waals surface area contributed by atoms with Crippen LogP contribution in [0.25, 0.3) is 0 Å². The van der Waals surface area contributed by atoms with Crippen molar-refractivity contribution < 1.29 is 141 Å². The molecule has 11 heteroatoms. The van der Waals surface area contributed by atoms with Crippen LogP contribution in [0.3, 0.4) is 0 Å². The van der Waals surface area contributed by atoms with E-state index < -0.39 is 17.3 Å². The average molecular weight is 453 g/mol. The first-order chi connectivity index (χ1) is 7.99. The fraction of sp³-hybridized carbons (Fsp3) is 0.625. The Morgan fingerprint density at radius 2 is 1.84 bits per heavy atom. The monoisotopic (exact) mass is 452 g/mol. The van der Waals surface area contributed by atoms with E-state index in [2.05, 4.69) is 17.9 Å². The van der Waals surface area contributed by atoms with E-state index in [1.807, 2.05) is 0 Å². The molecule has 0 bridgehead atoms. The number of nitrogens with two attached hydrogens (primary N) is 1. The van der Waals surface area contributed by atoms with Crippen molar-refractivity contribution in [3.8, 4) is 0 Å². The summed E-state index contributed by atoms with van der Waals surface area (Å²) in [6, 6.07) is 0. The zero-order valence-electron chi connectivity index (χ0n) is 11.0. The standard InChI is InChI=1S/C4H7NO2S.C2H7NS.C2H2O3.2Rb/c6-4(7)3-5-1-2-8-3;3-1-2-4;3-1-2(4)5;;/h3,5H,1-2H2,(H,6,7);4H,1-3H2;1H,(H,4,5);;/q;;;2*+1/p-2. The molecule has 0 radical (unpaired) electrons. The second-order valence-electron chi connectivity index (χ2n) is 2.47. The molecule has 0 aromatic carbocycles. The summed E-state index contributed by atoms with van der Waals surface area (Å²) in [5, 5.41) is 21.2. The van der Waals surface area contributed by atoms with E-state index in [4.69, 9.17) is 20.4 Å². The second-order valence-corrected chi connectivity index (χ2v) is 4.13. The molecular weight excluding hydrogens is 439 g/mol. The van der Waals surface area contributed by atoms with Crippen LogP contribution in [-0.4, -0.2) is 48.2 Å². The van der Waals surface area contributed by atoms with Gasteiger partial charge in [-0.25, -0.2) is 0 Å². The number of carboxylic acids is 2. The molecule has 1 aliphatic heterocycles. The topological polar surface area (TPSA) is 135 Å². The number of nitrogens with one attached hydrogen (secondary N) is 1. The van der Waals surface area contributed by atoms with Gasteiger partial charge in [0.25, 0.3) is 0 Å². The van der Waals surface area contributed by atoms with Crippen molar-refractivity contribution in [3.63, 3.8) is 0 Å². The van der Waals surface area contributed by atoms with E-state index in [0.717, 1.165) is 18.1 Å². The zero-order valence-corrected chi connectivity index (χ0v) is 22.5. The van der Waals surface area contributed by atoms with E-state index >= 15 is 0 Å². The van der Waals surface area contributed by atoms with Crippen molar-refractivity contribution in [1.82, 2.24) is 5.32 Å². The Kier molecular flexibility index (Phi) is 36.3. The Morgan fingerprint density at radius 1 is 1.42 bits per heavy atom. The molecule has 1 rings (SSSR count). The predicted molar refractivity (Wildman–Crippen MR) is 63.2 cm³/mol. The predicted octanol–water partition coefficient (Wildman–Crippen LogP) is -9.78. The number of hydrogen-bond acceptors (Lipinski definition) is 9. The average Bonchev–Trinajstić information content (AvgIpc) is 2.84. The van der Waals surface area contributed by atoms with E-state index in [1.165, 1.54) is 11.8 Å². The number of rotatable bonds is 3. The number of carbonyl (C=O) groups is 3. The molecule has 1 atom stereocenters. The van der Waals surface area contributed by atoms with Gasteiger partial charge >= 0.3 is 116 Å². The third-order valence-electron chi connectivity index (χ3n) is 1.16. The van der Waals surface area contributed by atoms with Crippen molar-refractivity contribution in [2.24, 2.45) is 5.73 Å². The van der Waals surface area contributed by atoms with Crippen LogP contribution >= 0.6 is 24.4 Å². The van der Waals surface area contributed by atoms with Gasteiger partial charge in [-0.05, 0) is 0 Å². The zero-order chi connectivity index (χ0) is 13.7. The van der Waals surface area contributed by atoms with E-state index in [1.54, 1.807) is 0 Å². The van der Waals surface area contributed by atoms with Crippen molar-refractivity contribution in [3.05, 3.63) is 0 Å². The summed E-state index contributed by atoms with van der Waals surface area (Å²) >= 11 is 5.17. The second kappa shape index (κ2) is 23.1. The van der Waals surface area contributed by atoms with Crippen molar-refractivity contribution >= 4 is 42.6 Å². The van der Waals surface area contributed by atoms with Gasteiger partial charge in [-0.2, -0.15) is 12.6 Å². The van der Waals surface area contributed by atoms with Crippen LogP contribution in [-0.2, 0) is 14.4 Å². The molecule has 1 aliphatic rings. The van der Waals surface area contributed by atoms with Crippen LogP contribution in [0.4, 0.5) is 0 Å². The fourth-order valence-corrected chi connectivity index (χ4v) is 1.42. The molecule has 0 aromatic rings. The maximum Gasteiger partial charge on any atom is 1.00 e. The van der Waals surface area contributed by atoms with Gasteiger partial charge in [0.1, 0.15) is 5.97 Å². The van der Waals surface area contributed by atoms with Gasteiger partial charge in [-0.1, -0.05) is 0 Å². The first-order valence-electron chi connectivity index (χ1n) is 4.52. The third-order valence-corrected chi connectivity index (χ3v) is 2.55. The number of aliphatic carboxylic acids is 2. The molecule has 1 fully saturated rings. The van der Waals surface area contributed by atoms with Crippen molar-refractivity contribution in [2.75, 3.05) is 24.6 Å². The SMILES string of the molecule is NCCS.O=C([O-])C1NCCS1.O=CC(=O)[O-].[Rb+].[Rb+]. The Morgan fingerprint density at radius 3 is 1.95 bits per heavy atom. The van der Waals surface area contributed by atoms with Gasteiger partial charge in [0.05, 0.1) is 11.3 Å². The molecule has 0 aliphatic carbocycles. The van der Waals surface area contributed by atoms with Crippen LogP contribution < -0.4 is 138 Å². The Balaban J connectivity index is -0.0000000910. The summed E-state index contributed by atoms with van der Waals surface area (Å²) in [6.07, 6.45) is -0.278. The summed E-state index contributed by atoms with van der Waals surface area (Å²) in [7, 11) is 0. The molecule has 100 valence electrons. The number of carbonyl (C=O) groups excluding carboxylic acids is 3. The van der Waals surface area contributed by atoms with Crippen LogP contribution in [0.2, 0.25) is 0 Å². The summed E-state index contributed by atoms with van der Waals surface area (Å²) in [5.74, 6) is -1.02. The maximum atomic E-state index is 10.0. The molecule has 0 amide bonds. The van der Waals surface area contributed by atoms with E-state index in [0.29, 0.717) is 6.54 Å². The van der Waals surface area contributed by atoms with E-state index in [9.17, 15) is 9.90 Å². The van der Waals surface area contributed by atoms with Crippen LogP contribution in [0.1, 0.15) is 0 Å². The molecule has 7 nitrogen and oxygen atoms in total. The first kappa shape index (κ1) is 29.8. The Bertz CT molecular complexity index is 241. The normalized spacial score (nSPS) is 15.2. The minimum atomic E-state index is -1.68. The van der Waals surface area contributed by atoms with Crippen molar-refractivity contribution in [1.29, 1.82) is 0 Å². The quantitative estimate of drug-likeness (QED) is 0.218. The third kappa shape index (κ3) is 26.1. The van der Waals surface area contributed by atoms with E-state index in [-0.39, 0.29) is 123 Å². The molecule has 0 spiro atoms. The summed E-state index contributed by atoms with van der Waals surface area (Å²) in [4.78, 5) is 27.7. The van der Waals surface area contributed by atoms with Gasteiger partial charge in [-0.3, -0.25) is 10.1 Å². The molecule has 0 saturated carbocycles. The van der Waals surface area contributed by atoms with Crippen LogP contribution in [0.5, 0.6) is 0 Å². The van der Waals surface area contributed by atoms with Crippen molar-refractivity contribution in [2.45, 2.75) is 5.37 Å². The Labute approximate surface area is 219 Å².